The summed E-state index contributed by atoms with van der Waals surface area (Å²) in [5.74, 6) is 0.113. The van der Waals surface area contributed by atoms with Gasteiger partial charge in [-0.3, -0.25) is 4.79 Å². The smallest absolute Gasteiger partial charge is 0.194 e. The minimum absolute atomic E-state index is 0.0498. The molecule has 70 valence electrons. The fourth-order valence-corrected chi connectivity index (χ4v) is 1.24. The molecule has 2 rings (SSSR count). The van der Waals surface area contributed by atoms with Crippen LogP contribution in [0.4, 0.5) is 0 Å². The molecule has 0 saturated carbocycles. The van der Waals surface area contributed by atoms with Crippen molar-refractivity contribution in [2.75, 3.05) is 0 Å². The van der Waals surface area contributed by atoms with E-state index in [-0.39, 0.29) is 11.5 Å². The molecule has 0 aliphatic heterocycles. The SMILES string of the molecule is O=C(c1ccc(O)cc1)c1cc[nH]c1. The van der Waals surface area contributed by atoms with Gasteiger partial charge >= 0.3 is 0 Å². The average Bonchev–Trinajstić information content (AvgIpc) is 2.71. The third-order valence-electron chi connectivity index (χ3n) is 1.99. The van der Waals surface area contributed by atoms with E-state index in [9.17, 15) is 4.79 Å². The zero-order chi connectivity index (χ0) is 9.97. The zero-order valence-corrected chi connectivity index (χ0v) is 7.40. The van der Waals surface area contributed by atoms with Crippen LogP contribution in [0.5, 0.6) is 5.75 Å². The molecule has 0 aliphatic rings. The Morgan fingerprint density at radius 1 is 1.07 bits per heavy atom. The number of carbonyl (C=O) groups excluding carboxylic acids is 1. The van der Waals surface area contributed by atoms with Gasteiger partial charge in [-0.15, -0.1) is 0 Å². The number of carbonyl (C=O) groups is 1. The van der Waals surface area contributed by atoms with Crippen LogP contribution in [-0.4, -0.2) is 15.9 Å². The van der Waals surface area contributed by atoms with Crippen molar-refractivity contribution in [3.8, 4) is 5.75 Å². The van der Waals surface area contributed by atoms with Gasteiger partial charge in [0.1, 0.15) is 5.75 Å². The minimum Gasteiger partial charge on any atom is -0.508 e. The van der Waals surface area contributed by atoms with Crippen molar-refractivity contribution in [2.24, 2.45) is 0 Å². The highest BCUT2D eigenvalue weighted by Crippen LogP contribution is 2.13. The predicted octanol–water partition coefficient (Wildman–Crippen LogP) is 1.95. The van der Waals surface area contributed by atoms with Gasteiger partial charge in [-0.2, -0.15) is 0 Å². The quantitative estimate of drug-likeness (QED) is 0.706. The number of ketones is 1. The molecule has 1 aromatic heterocycles. The molecule has 0 radical (unpaired) electrons. The third-order valence-corrected chi connectivity index (χ3v) is 1.99. The summed E-state index contributed by atoms with van der Waals surface area (Å²) in [6.07, 6.45) is 3.35. The molecule has 2 N–H and O–H groups in total. The van der Waals surface area contributed by atoms with Gasteiger partial charge < -0.3 is 10.1 Å². The maximum absolute atomic E-state index is 11.7. The van der Waals surface area contributed by atoms with Crippen molar-refractivity contribution in [3.63, 3.8) is 0 Å². The lowest BCUT2D eigenvalue weighted by Crippen LogP contribution is -1.98. The van der Waals surface area contributed by atoms with Gasteiger partial charge in [0.25, 0.3) is 0 Å². The molecular formula is C11H9NO2. The average molecular weight is 187 g/mol. The summed E-state index contributed by atoms with van der Waals surface area (Å²) in [6.45, 7) is 0. The summed E-state index contributed by atoms with van der Waals surface area (Å²) in [5, 5.41) is 9.05. The number of H-pyrrole nitrogens is 1. The van der Waals surface area contributed by atoms with E-state index in [0.29, 0.717) is 11.1 Å². The number of phenolic OH excluding ortho intramolecular Hbond substituents is 1. The summed E-state index contributed by atoms with van der Waals surface area (Å²) < 4.78 is 0. The molecule has 0 spiro atoms. The molecule has 3 nitrogen and oxygen atoms in total. The van der Waals surface area contributed by atoms with Crippen LogP contribution >= 0.6 is 0 Å². The molecule has 1 heterocycles. The molecule has 2 aromatic rings. The second kappa shape index (κ2) is 3.38. The number of hydrogen-bond acceptors (Lipinski definition) is 2. The Bertz CT molecular complexity index is 429. The first kappa shape index (κ1) is 8.56. The largest absolute Gasteiger partial charge is 0.508 e. The first-order valence-corrected chi connectivity index (χ1v) is 4.24. The van der Waals surface area contributed by atoms with E-state index in [4.69, 9.17) is 5.11 Å². The van der Waals surface area contributed by atoms with Crippen LogP contribution in [0, 0.1) is 0 Å². The molecule has 0 aliphatic carbocycles. The lowest BCUT2D eigenvalue weighted by molar-refractivity contribution is 0.103. The van der Waals surface area contributed by atoms with E-state index in [1.54, 1.807) is 30.6 Å². The first-order chi connectivity index (χ1) is 6.77. The predicted molar refractivity (Wildman–Crippen MR) is 52.3 cm³/mol. The van der Waals surface area contributed by atoms with Crippen LogP contribution in [-0.2, 0) is 0 Å². The van der Waals surface area contributed by atoms with Gasteiger partial charge in [0.05, 0.1) is 0 Å². The standard InChI is InChI=1S/C11H9NO2/c13-10-3-1-8(2-4-10)11(14)9-5-6-12-7-9/h1-7,12-13H. The highest BCUT2D eigenvalue weighted by Gasteiger charge is 2.08. The number of phenols is 1. The number of aromatic amines is 1. The van der Waals surface area contributed by atoms with Crippen LogP contribution in [0.1, 0.15) is 15.9 Å². The third kappa shape index (κ3) is 1.52. The topological polar surface area (TPSA) is 53.1 Å². The fourth-order valence-electron chi connectivity index (χ4n) is 1.24. The van der Waals surface area contributed by atoms with Crippen LogP contribution in [0.15, 0.2) is 42.7 Å². The highest BCUT2D eigenvalue weighted by molar-refractivity contribution is 6.08. The Labute approximate surface area is 81.0 Å². The van der Waals surface area contributed by atoms with Crippen molar-refractivity contribution in [1.29, 1.82) is 0 Å². The fraction of sp³-hybridized carbons (Fsp3) is 0. The van der Waals surface area contributed by atoms with Crippen molar-refractivity contribution in [2.45, 2.75) is 0 Å². The highest BCUT2D eigenvalue weighted by atomic mass is 16.3. The maximum atomic E-state index is 11.7. The number of rotatable bonds is 2. The van der Waals surface area contributed by atoms with Crippen molar-refractivity contribution in [3.05, 3.63) is 53.9 Å². The molecule has 0 amide bonds. The minimum atomic E-state index is -0.0498. The van der Waals surface area contributed by atoms with Crippen LogP contribution in [0.3, 0.4) is 0 Å². The molecule has 0 unspecified atom stereocenters. The van der Waals surface area contributed by atoms with Gasteiger partial charge in [0.2, 0.25) is 0 Å². The van der Waals surface area contributed by atoms with Gasteiger partial charge in [0, 0.05) is 23.5 Å². The van der Waals surface area contributed by atoms with Crippen LogP contribution < -0.4 is 0 Å². The van der Waals surface area contributed by atoms with Gasteiger partial charge in [-0.25, -0.2) is 0 Å². The summed E-state index contributed by atoms with van der Waals surface area (Å²) in [5.41, 5.74) is 1.19. The van der Waals surface area contributed by atoms with E-state index in [0.717, 1.165) is 0 Å². The monoisotopic (exact) mass is 187 g/mol. The van der Waals surface area contributed by atoms with Crippen LogP contribution in [0.2, 0.25) is 0 Å². The Morgan fingerprint density at radius 2 is 1.79 bits per heavy atom. The first-order valence-electron chi connectivity index (χ1n) is 4.24. The zero-order valence-electron chi connectivity index (χ0n) is 7.40. The van der Waals surface area contributed by atoms with Gasteiger partial charge in [0.15, 0.2) is 5.78 Å². The lowest BCUT2D eigenvalue weighted by atomic mass is 10.1. The van der Waals surface area contributed by atoms with Gasteiger partial charge in [-0.05, 0) is 30.3 Å². The number of aromatic hydroxyl groups is 1. The number of benzene rings is 1. The molecule has 0 saturated heterocycles. The van der Waals surface area contributed by atoms with Crippen LogP contribution in [0.25, 0.3) is 0 Å². The Balaban J connectivity index is 2.33. The second-order valence-electron chi connectivity index (χ2n) is 2.98. The summed E-state index contributed by atoms with van der Waals surface area (Å²) in [7, 11) is 0. The molecule has 0 bridgehead atoms. The molecule has 0 fully saturated rings. The summed E-state index contributed by atoms with van der Waals surface area (Å²) in [4.78, 5) is 14.5. The van der Waals surface area contributed by atoms with E-state index in [1.807, 2.05) is 0 Å². The number of nitrogens with one attached hydrogen (secondary N) is 1. The Hall–Kier alpha value is -2.03. The maximum Gasteiger partial charge on any atom is 0.194 e. The van der Waals surface area contributed by atoms with E-state index in [2.05, 4.69) is 4.98 Å². The molecule has 0 atom stereocenters. The summed E-state index contributed by atoms with van der Waals surface area (Å²) in [6, 6.07) is 7.92. The van der Waals surface area contributed by atoms with Crippen molar-refractivity contribution >= 4 is 5.78 Å². The molecule has 3 heteroatoms. The van der Waals surface area contributed by atoms with E-state index >= 15 is 0 Å². The molecular weight excluding hydrogens is 178 g/mol. The number of aromatic nitrogens is 1. The van der Waals surface area contributed by atoms with E-state index < -0.39 is 0 Å². The summed E-state index contributed by atoms with van der Waals surface area (Å²) >= 11 is 0. The normalized spacial score (nSPS) is 10.0. The Kier molecular flexibility index (Phi) is 2.07. The number of hydrogen-bond donors (Lipinski definition) is 2. The lowest BCUT2D eigenvalue weighted by Gasteiger charge is -1.97. The van der Waals surface area contributed by atoms with Crippen molar-refractivity contribution in [1.82, 2.24) is 4.98 Å². The molecule has 14 heavy (non-hydrogen) atoms. The van der Waals surface area contributed by atoms with Crippen molar-refractivity contribution < 1.29 is 9.90 Å². The van der Waals surface area contributed by atoms with E-state index in [1.165, 1.54) is 12.1 Å². The Morgan fingerprint density at radius 3 is 2.36 bits per heavy atom. The van der Waals surface area contributed by atoms with Gasteiger partial charge in [-0.1, -0.05) is 0 Å². The molecule has 1 aromatic carbocycles. The second-order valence-corrected chi connectivity index (χ2v) is 2.98.